The first-order valence-corrected chi connectivity index (χ1v) is 8.47. The van der Waals surface area contributed by atoms with Crippen molar-refractivity contribution in [3.05, 3.63) is 35.4 Å². The second-order valence-electron chi connectivity index (χ2n) is 7.04. The highest BCUT2D eigenvalue weighted by atomic mass is 16.5. The number of rotatable bonds is 6. The predicted molar refractivity (Wildman–Crippen MR) is 86.8 cm³/mol. The molecule has 23 heavy (non-hydrogen) atoms. The van der Waals surface area contributed by atoms with Crippen molar-refractivity contribution in [1.29, 1.82) is 0 Å². The third kappa shape index (κ3) is 3.33. The van der Waals surface area contributed by atoms with Gasteiger partial charge in [-0.1, -0.05) is 0 Å². The number of nitrogens with zero attached hydrogens (tertiary/aromatic N) is 5. The van der Waals surface area contributed by atoms with Crippen molar-refractivity contribution in [2.75, 3.05) is 19.8 Å². The summed E-state index contributed by atoms with van der Waals surface area (Å²) >= 11 is 0. The molecular formula is C17H25N5O. The summed E-state index contributed by atoms with van der Waals surface area (Å²) in [5, 5.41) is 8.74. The van der Waals surface area contributed by atoms with E-state index in [-0.39, 0.29) is 0 Å². The molecule has 1 aliphatic carbocycles. The molecule has 3 heterocycles. The molecule has 0 bridgehead atoms. The molecule has 0 saturated heterocycles. The van der Waals surface area contributed by atoms with E-state index in [4.69, 9.17) is 4.74 Å². The van der Waals surface area contributed by atoms with Crippen LogP contribution in [0, 0.1) is 5.92 Å². The van der Waals surface area contributed by atoms with Crippen LogP contribution in [0.4, 0.5) is 0 Å². The van der Waals surface area contributed by atoms with Crippen molar-refractivity contribution < 1.29 is 4.74 Å². The van der Waals surface area contributed by atoms with Crippen LogP contribution in [-0.2, 0) is 31.9 Å². The van der Waals surface area contributed by atoms with Gasteiger partial charge in [-0.25, -0.2) is 0 Å². The minimum absolute atomic E-state index is 0.419. The van der Waals surface area contributed by atoms with Gasteiger partial charge >= 0.3 is 0 Å². The minimum atomic E-state index is 0.419. The average molecular weight is 315 g/mol. The summed E-state index contributed by atoms with van der Waals surface area (Å²) in [7, 11) is 4.00. The first-order valence-electron chi connectivity index (χ1n) is 8.47. The summed E-state index contributed by atoms with van der Waals surface area (Å²) in [6.45, 7) is 4.63. The molecule has 1 atom stereocenters. The lowest BCUT2D eigenvalue weighted by molar-refractivity contribution is 0.0885. The number of hydrogen-bond acceptors (Lipinski definition) is 4. The summed E-state index contributed by atoms with van der Waals surface area (Å²) in [4.78, 5) is 2.48. The molecule has 4 rings (SSSR count). The minimum Gasteiger partial charge on any atom is -0.380 e. The van der Waals surface area contributed by atoms with Gasteiger partial charge in [0.05, 0.1) is 24.7 Å². The third-order valence-electron chi connectivity index (χ3n) is 4.92. The van der Waals surface area contributed by atoms with Gasteiger partial charge in [0.1, 0.15) is 0 Å². The second kappa shape index (κ2) is 6.09. The van der Waals surface area contributed by atoms with Gasteiger partial charge in [0, 0.05) is 63.6 Å². The fourth-order valence-electron chi connectivity index (χ4n) is 3.44. The van der Waals surface area contributed by atoms with E-state index in [1.807, 2.05) is 35.9 Å². The van der Waals surface area contributed by atoms with Crippen LogP contribution in [0.5, 0.6) is 0 Å². The maximum Gasteiger partial charge on any atom is 0.0557 e. The standard InChI is InChI=1S/C17H25N5O/c1-20-7-14(5-18-20)8-22-9-15(12-23-11-13-3-4-13)16-6-19-21(2)17(16)10-22/h5-7,13,15H,3-4,8-12H2,1-2H3. The third-order valence-corrected chi connectivity index (χ3v) is 4.92. The maximum absolute atomic E-state index is 5.99. The van der Waals surface area contributed by atoms with Gasteiger partial charge in [-0.2, -0.15) is 10.2 Å². The second-order valence-corrected chi connectivity index (χ2v) is 7.04. The number of ether oxygens (including phenoxy) is 1. The Hall–Kier alpha value is -1.66. The number of aryl methyl sites for hydroxylation is 2. The van der Waals surface area contributed by atoms with Crippen molar-refractivity contribution in [2.24, 2.45) is 20.0 Å². The number of hydrogen-bond donors (Lipinski definition) is 0. The van der Waals surface area contributed by atoms with Gasteiger partial charge in [-0.05, 0) is 18.8 Å². The molecule has 0 N–H and O–H groups in total. The highest BCUT2D eigenvalue weighted by Gasteiger charge is 2.29. The van der Waals surface area contributed by atoms with E-state index in [0.717, 1.165) is 38.8 Å². The molecule has 6 heteroatoms. The van der Waals surface area contributed by atoms with Gasteiger partial charge in [-0.15, -0.1) is 0 Å². The lowest BCUT2D eigenvalue weighted by Gasteiger charge is -2.32. The molecule has 124 valence electrons. The number of aromatic nitrogens is 4. The van der Waals surface area contributed by atoms with Crippen molar-refractivity contribution in [3.63, 3.8) is 0 Å². The van der Waals surface area contributed by atoms with E-state index in [2.05, 4.69) is 21.3 Å². The largest absolute Gasteiger partial charge is 0.380 e. The van der Waals surface area contributed by atoms with Crippen LogP contribution in [-0.4, -0.2) is 44.2 Å². The lowest BCUT2D eigenvalue weighted by Crippen LogP contribution is -2.35. The monoisotopic (exact) mass is 315 g/mol. The molecular weight excluding hydrogens is 290 g/mol. The lowest BCUT2D eigenvalue weighted by atomic mass is 9.95. The van der Waals surface area contributed by atoms with Crippen LogP contribution in [0.3, 0.4) is 0 Å². The van der Waals surface area contributed by atoms with Crippen molar-refractivity contribution in [3.8, 4) is 0 Å². The molecule has 1 saturated carbocycles. The first-order chi connectivity index (χ1) is 11.2. The van der Waals surface area contributed by atoms with E-state index in [1.165, 1.54) is 29.7 Å². The Balaban J connectivity index is 1.46. The Morgan fingerprint density at radius 1 is 1.17 bits per heavy atom. The number of fused-ring (bicyclic) bond motifs is 1. The Kier molecular flexibility index (Phi) is 3.95. The van der Waals surface area contributed by atoms with Crippen LogP contribution in [0.25, 0.3) is 0 Å². The Morgan fingerprint density at radius 2 is 2.04 bits per heavy atom. The van der Waals surface area contributed by atoms with Crippen LogP contribution < -0.4 is 0 Å². The quantitative estimate of drug-likeness (QED) is 0.814. The smallest absolute Gasteiger partial charge is 0.0557 e. The zero-order chi connectivity index (χ0) is 15.8. The molecule has 2 aromatic rings. The first kappa shape index (κ1) is 14.9. The summed E-state index contributed by atoms with van der Waals surface area (Å²) < 4.78 is 9.86. The average Bonchev–Trinajstić information content (AvgIpc) is 3.15. The molecule has 2 aliphatic rings. The topological polar surface area (TPSA) is 48.1 Å². The van der Waals surface area contributed by atoms with Crippen LogP contribution in [0.1, 0.15) is 35.6 Å². The van der Waals surface area contributed by atoms with E-state index in [0.29, 0.717) is 5.92 Å². The maximum atomic E-state index is 5.99. The van der Waals surface area contributed by atoms with E-state index >= 15 is 0 Å². The van der Waals surface area contributed by atoms with Gasteiger partial charge in [0.15, 0.2) is 0 Å². The molecule has 1 aliphatic heterocycles. The van der Waals surface area contributed by atoms with E-state index < -0.39 is 0 Å². The molecule has 1 fully saturated rings. The molecule has 1 unspecified atom stereocenters. The predicted octanol–water partition coefficient (Wildman–Crippen LogP) is 1.68. The molecule has 0 radical (unpaired) electrons. The molecule has 6 nitrogen and oxygen atoms in total. The van der Waals surface area contributed by atoms with Gasteiger partial charge < -0.3 is 4.74 Å². The Labute approximate surface area is 137 Å². The summed E-state index contributed by atoms with van der Waals surface area (Å²) in [6, 6.07) is 0. The summed E-state index contributed by atoms with van der Waals surface area (Å²) in [6.07, 6.45) is 8.77. The Bertz CT molecular complexity index is 672. The molecule has 0 aromatic carbocycles. The van der Waals surface area contributed by atoms with Gasteiger partial charge in [-0.3, -0.25) is 14.3 Å². The van der Waals surface area contributed by atoms with Crippen molar-refractivity contribution in [1.82, 2.24) is 24.5 Å². The molecule has 2 aromatic heterocycles. The normalized spacial score (nSPS) is 21.6. The summed E-state index contributed by atoms with van der Waals surface area (Å²) in [5.74, 6) is 1.24. The van der Waals surface area contributed by atoms with E-state index in [9.17, 15) is 0 Å². The van der Waals surface area contributed by atoms with Gasteiger partial charge in [0.25, 0.3) is 0 Å². The highest BCUT2D eigenvalue weighted by molar-refractivity contribution is 5.26. The fourth-order valence-corrected chi connectivity index (χ4v) is 3.44. The SMILES string of the molecule is Cn1cc(CN2Cc3c(cnn3C)C(COCC3CC3)C2)cn1. The zero-order valence-electron chi connectivity index (χ0n) is 14.0. The van der Waals surface area contributed by atoms with Crippen molar-refractivity contribution in [2.45, 2.75) is 31.8 Å². The van der Waals surface area contributed by atoms with Crippen LogP contribution in [0.2, 0.25) is 0 Å². The fraction of sp³-hybridized carbons (Fsp3) is 0.647. The molecule has 0 spiro atoms. The summed E-state index contributed by atoms with van der Waals surface area (Å²) in [5.41, 5.74) is 3.95. The Morgan fingerprint density at radius 3 is 2.78 bits per heavy atom. The highest BCUT2D eigenvalue weighted by Crippen LogP contribution is 2.32. The van der Waals surface area contributed by atoms with Gasteiger partial charge in [0.2, 0.25) is 0 Å². The van der Waals surface area contributed by atoms with Crippen LogP contribution >= 0.6 is 0 Å². The molecule has 0 amide bonds. The van der Waals surface area contributed by atoms with Crippen molar-refractivity contribution >= 4 is 0 Å². The zero-order valence-corrected chi connectivity index (χ0v) is 14.0. The van der Waals surface area contributed by atoms with E-state index in [1.54, 1.807) is 0 Å². The van der Waals surface area contributed by atoms with Crippen LogP contribution in [0.15, 0.2) is 18.6 Å².